The van der Waals surface area contributed by atoms with Crippen molar-refractivity contribution in [3.8, 4) is 11.5 Å². The average molecular weight is 655 g/mol. The number of amides is 1. The third kappa shape index (κ3) is 7.07. The predicted molar refractivity (Wildman–Crippen MR) is 162 cm³/mol. The first kappa shape index (κ1) is 28.8. The van der Waals surface area contributed by atoms with Gasteiger partial charge in [0.05, 0.1) is 17.7 Å². The minimum atomic E-state index is -0.0972. The number of ether oxygens (including phenoxy) is 2. The summed E-state index contributed by atoms with van der Waals surface area (Å²) in [5.41, 5.74) is 2.29. The molecular formula is C28H24BrCl3N2O3S. The van der Waals surface area contributed by atoms with Gasteiger partial charge in [0.2, 0.25) is 0 Å². The van der Waals surface area contributed by atoms with E-state index in [1.165, 1.54) is 11.8 Å². The minimum absolute atomic E-state index is 0.0972. The Labute approximate surface area is 249 Å². The summed E-state index contributed by atoms with van der Waals surface area (Å²) in [6.07, 6.45) is 1.83. The van der Waals surface area contributed by atoms with Gasteiger partial charge in [-0.15, -0.1) is 0 Å². The van der Waals surface area contributed by atoms with E-state index in [1.54, 1.807) is 36.3 Å². The van der Waals surface area contributed by atoms with E-state index in [9.17, 15) is 4.79 Å². The van der Waals surface area contributed by atoms with Crippen LogP contribution in [0.1, 0.15) is 25.0 Å². The second-order valence-corrected chi connectivity index (χ2v) is 12.0. The maximum absolute atomic E-state index is 13.4. The molecule has 1 heterocycles. The minimum Gasteiger partial charge on any atom is -0.493 e. The van der Waals surface area contributed by atoms with E-state index in [-0.39, 0.29) is 18.4 Å². The fraction of sp³-hybridized carbons (Fsp3) is 0.214. The predicted octanol–water partition coefficient (Wildman–Crippen LogP) is 9.26. The second-order valence-electron chi connectivity index (χ2n) is 8.84. The van der Waals surface area contributed by atoms with Crippen LogP contribution in [0.15, 0.2) is 69.0 Å². The molecule has 1 amide bonds. The quantitative estimate of drug-likeness (QED) is 0.227. The molecule has 0 bridgehead atoms. The Bertz CT molecular complexity index is 1410. The second kappa shape index (κ2) is 12.8. The zero-order valence-electron chi connectivity index (χ0n) is 20.8. The van der Waals surface area contributed by atoms with Crippen LogP contribution in [0.25, 0.3) is 6.08 Å². The lowest BCUT2D eigenvalue weighted by Gasteiger charge is -2.17. The first-order valence-corrected chi connectivity index (χ1v) is 14.4. The molecule has 1 aliphatic rings. The molecule has 3 aromatic rings. The van der Waals surface area contributed by atoms with E-state index < -0.39 is 0 Å². The molecule has 1 aliphatic heterocycles. The number of rotatable bonds is 8. The summed E-state index contributed by atoms with van der Waals surface area (Å²) in [6.45, 7) is 4.93. The average Bonchev–Trinajstić information content (AvgIpc) is 3.14. The molecule has 0 radical (unpaired) electrons. The Morgan fingerprint density at radius 2 is 1.74 bits per heavy atom. The van der Waals surface area contributed by atoms with Crippen LogP contribution in [-0.2, 0) is 11.4 Å². The van der Waals surface area contributed by atoms with Gasteiger partial charge in [-0.3, -0.25) is 9.69 Å². The van der Waals surface area contributed by atoms with Crippen LogP contribution < -0.4 is 9.47 Å². The molecule has 0 aliphatic carbocycles. The van der Waals surface area contributed by atoms with Gasteiger partial charge in [-0.05, 0) is 77.9 Å². The van der Waals surface area contributed by atoms with E-state index in [2.05, 4.69) is 29.8 Å². The van der Waals surface area contributed by atoms with Crippen LogP contribution in [0.4, 0.5) is 5.69 Å². The van der Waals surface area contributed by atoms with Gasteiger partial charge in [0.15, 0.2) is 16.7 Å². The summed E-state index contributed by atoms with van der Waals surface area (Å²) in [4.78, 5) is 20.4. The summed E-state index contributed by atoms with van der Waals surface area (Å²) in [7, 11) is 1.57. The van der Waals surface area contributed by atoms with Crippen LogP contribution in [0, 0.1) is 5.92 Å². The third-order valence-electron chi connectivity index (χ3n) is 5.46. The topological polar surface area (TPSA) is 51.1 Å². The van der Waals surface area contributed by atoms with Crippen LogP contribution in [0.5, 0.6) is 11.5 Å². The fourth-order valence-electron chi connectivity index (χ4n) is 3.61. The Balaban J connectivity index is 1.61. The highest BCUT2D eigenvalue weighted by atomic mass is 79.9. The van der Waals surface area contributed by atoms with Crippen LogP contribution in [0.3, 0.4) is 0 Å². The lowest BCUT2D eigenvalue weighted by molar-refractivity contribution is -0.122. The van der Waals surface area contributed by atoms with Gasteiger partial charge in [-0.25, -0.2) is 4.99 Å². The highest BCUT2D eigenvalue weighted by Crippen LogP contribution is 2.39. The molecular weight excluding hydrogens is 631 g/mol. The van der Waals surface area contributed by atoms with Crippen LogP contribution >= 0.6 is 62.5 Å². The molecule has 38 heavy (non-hydrogen) atoms. The number of carbonyl (C=O) groups is 1. The van der Waals surface area contributed by atoms with Gasteiger partial charge in [-0.2, -0.15) is 0 Å². The monoisotopic (exact) mass is 652 g/mol. The van der Waals surface area contributed by atoms with E-state index in [4.69, 9.17) is 49.3 Å². The highest BCUT2D eigenvalue weighted by Gasteiger charge is 2.34. The van der Waals surface area contributed by atoms with Crippen molar-refractivity contribution < 1.29 is 14.3 Å². The van der Waals surface area contributed by atoms with Gasteiger partial charge in [-0.1, -0.05) is 70.6 Å². The van der Waals surface area contributed by atoms with Crippen molar-refractivity contribution >= 4 is 85.3 Å². The van der Waals surface area contributed by atoms with E-state index in [0.717, 1.165) is 21.3 Å². The zero-order chi connectivity index (χ0) is 27.4. The van der Waals surface area contributed by atoms with Crippen molar-refractivity contribution in [2.45, 2.75) is 20.5 Å². The number of halogens is 4. The van der Waals surface area contributed by atoms with Crippen molar-refractivity contribution in [1.29, 1.82) is 0 Å². The number of methoxy groups -OCH3 is 1. The smallest absolute Gasteiger partial charge is 0.266 e. The maximum Gasteiger partial charge on any atom is 0.266 e. The molecule has 0 saturated carbocycles. The molecule has 4 rings (SSSR count). The summed E-state index contributed by atoms with van der Waals surface area (Å²) in [5.74, 6) is 1.23. The van der Waals surface area contributed by atoms with E-state index >= 15 is 0 Å². The van der Waals surface area contributed by atoms with Crippen LogP contribution in [0.2, 0.25) is 15.1 Å². The van der Waals surface area contributed by atoms with Crippen molar-refractivity contribution in [2.24, 2.45) is 10.9 Å². The number of amidine groups is 1. The largest absolute Gasteiger partial charge is 0.493 e. The summed E-state index contributed by atoms with van der Waals surface area (Å²) < 4.78 is 12.3. The number of benzene rings is 3. The van der Waals surface area contributed by atoms with Crippen molar-refractivity contribution in [1.82, 2.24) is 4.90 Å². The molecule has 1 saturated heterocycles. The molecule has 10 heteroatoms. The zero-order valence-corrected chi connectivity index (χ0v) is 25.5. The number of aliphatic imine (C=N–C) groups is 1. The Morgan fingerprint density at radius 1 is 1.03 bits per heavy atom. The highest BCUT2D eigenvalue weighted by molar-refractivity contribution is 9.10. The summed E-state index contributed by atoms with van der Waals surface area (Å²) in [6, 6.07) is 16.1. The summed E-state index contributed by atoms with van der Waals surface area (Å²) >= 11 is 23.2. The number of thioether (sulfide) groups is 1. The van der Waals surface area contributed by atoms with Gasteiger partial charge in [0.25, 0.3) is 5.91 Å². The first-order valence-electron chi connectivity index (χ1n) is 11.6. The number of carbonyl (C=O) groups excluding carboxylic acids is 1. The molecule has 1 fully saturated rings. The third-order valence-corrected chi connectivity index (χ3v) is 7.99. The Kier molecular flexibility index (Phi) is 9.71. The molecule has 198 valence electrons. The SMILES string of the molecule is COc1cc(/C=C2\SC(=Nc3ccc(Cl)cc3)N(CC(C)C)C2=O)c(Br)cc1OCc1ccc(Cl)cc1Cl. The van der Waals surface area contributed by atoms with Gasteiger partial charge in [0.1, 0.15) is 6.61 Å². The molecule has 0 unspecified atom stereocenters. The standard InChI is InChI=1S/C28H24BrCl3N2O3S/c1-16(2)14-34-27(35)26(38-28(34)33-21-8-6-19(30)7-9-21)11-18-10-24(36-3)25(13-22(18)29)37-15-17-4-5-20(31)12-23(17)32/h4-13,16H,14-15H2,1-3H3/b26-11-,33-28?. The number of hydrogen-bond acceptors (Lipinski definition) is 5. The van der Waals surface area contributed by atoms with Crippen molar-refractivity contribution in [3.05, 3.63) is 90.2 Å². The van der Waals surface area contributed by atoms with Gasteiger partial charge in [0, 0.05) is 31.6 Å². The maximum atomic E-state index is 13.4. The molecule has 0 spiro atoms. The Hall–Kier alpha value is -2.16. The van der Waals surface area contributed by atoms with Crippen LogP contribution in [-0.4, -0.2) is 29.6 Å². The van der Waals surface area contributed by atoms with E-state index in [0.29, 0.717) is 43.2 Å². The first-order chi connectivity index (χ1) is 18.1. The molecule has 5 nitrogen and oxygen atoms in total. The Morgan fingerprint density at radius 3 is 2.39 bits per heavy atom. The van der Waals surface area contributed by atoms with Gasteiger partial charge < -0.3 is 9.47 Å². The number of hydrogen-bond donors (Lipinski definition) is 0. The van der Waals surface area contributed by atoms with Gasteiger partial charge >= 0.3 is 0 Å². The lowest BCUT2D eigenvalue weighted by atomic mass is 10.1. The fourth-order valence-corrected chi connectivity index (χ4v) is 5.64. The number of nitrogens with zero attached hydrogens (tertiary/aromatic N) is 2. The van der Waals surface area contributed by atoms with Crippen molar-refractivity contribution in [2.75, 3.05) is 13.7 Å². The lowest BCUT2D eigenvalue weighted by Crippen LogP contribution is -2.32. The molecule has 3 aromatic carbocycles. The summed E-state index contributed by atoms with van der Waals surface area (Å²) in [5, 5.41) is 2.34. The molecule has 0 atom stereocenters. The van der Waals surface area contributed by atoms with Crippen molar-refractivity contribution in [3.63, 3.8) is 0 Å². The molecule has 0 N–H and O–H groups in total. The molecule has 0 aromatic heterocycles. The van der Waals surface area contributed by atoms with E-state index in [1.807, 2.05) is 36.4 Å². The normalized spacial score (nSPS) is 15.7.